The van der Waals surface area contributed by atoms with Crippen LogP contribution in [0.4, 0.5) is 5.69 Å². The van der Waals surface area contributed by atoms with Gasteiger partial charge >= 0.3 is 0 Å². The lowest BCUT2D eigenvalue weighted by Crippen LogP contribution is -2.52. The zero-order chi connectivity index (χ0) is 24.6. The van der Waals surface area contributed by atoms with E-state index in [0.717, 1.165) is 16.1 Å². The minimum Gasteiger partial charge on any atom is -0.292 e. The topological polar surface area (TPSA) is 118 Å². The molecule has 2 aliphatic rings. The summed E-state index contributed by atoms with van der Waals surface area (Å²) in [5.74, 6) is -4.06. The molecule has 0 aromatic heterocycles. The van der Waals surface area contributed by atoms with Crippen molar-refractivity contribution in [3.05, 3.63) is 86.9 Å². The fourth-order valence-corrected chi connectivity index (χ4v) is 4.49. The van der Waals surface area contributed by atoms with E-state index in [9.17, 15) is 29.3 Å². The van der Waals surface area contributed by atoms with E-state index in [1.807, 2.05) is 19.1 Å². The van der Waals surface area contributed by atoms with Crippen molar-refractivity contribution in [3.63, 3.8) is 0 Å². The quantitative estimate of drug-likeness (QED) is 0.204. The van der Waals surface area contributed by atoms with Gasteiger partial charge < -0.3 is 0 Å². The molecule has 0 bridgehead atoms. The molecule has 0 N–H and O–H groups in total. The molecule has 2 aromatic carbocycles. The molecular weight excluding hydrogens is 462 g/mol. The molecule has 174 valence electrons. The first-order valence-corrected chi connectivity index (χ1v) is 11.0. The van der Waals surface area contributed by atoms with Crippen molar-refractivity contribution in [1.29, 1.82) is 0 Å². The Morgan fingerprint density at radius 1 is 1.12 bits per heavy atom. The second-order valence-electron chi connectivity index (χ2n) is 8.24. The third-order valence-corrected chi connectivity index (χ3v) is 6.34. The summed E-state index contributed by atoms with van der Waals surface area (Å²) >= 11 is 5.88. The molecule has 3 amide bonds. The summed E-state index contributed by atoms with van der Waals surface area (Å²) in [6, 6.07) is 10.9. The molecule has 10 heteroatoms. The Morgan fingerprint density at radius 3 is 2.47 bits per heavy atom. The zero-order valence-corrected chi connectivity index (χ0v) is 18.8. The van der Waals surface area contributed by atoms with Gasteiger partial charge in [-0.3, -0.25) is 29.3 Å². The number of hydrazine groups is 1. The van der Waals surface area contributed by atoms with Crippen molar-refractivity contribution in [2.75, 3.05) is 6.54 Å². The first kappa shape index (κ1) is 23.3. The van der Waals surface area contributed by atoms with E-state index < -0.39 is 46.8 Å². The number of carbonyl (C=O) groups excluding carboxylic acids is 4. The molecule has 1 fully saturated rings. The molecule has 9 nitrogen and oxygen atoms in total. The predicted molar refractivity (Wildman–Crippen MR) is 122 cm³/mol. The van der Waals surface area contributed by atoms with Crippen molar-refractivity contribution in [2.24, 2.45) is 17.8 Å². The van der Waals surface area contributed by atoms with E-state index in [-0.39, 0.29) is 22.7 Å². The third-order valence-electron chi connectivity index (χ3n) is 6.09. The summed E-state index contributed by atoms with van der Waals surface area (Å²) in [4.78, 5) is 63.6. The van der Waals surface area contributed by atoms with Crippen LogP contribution in [0.1, 0.15) is 34.1 Å². The van der Waals surface area contributed by atoms with Crippen molar-refractivity contribution < 1.29 is 24.1 Å². The number of benzene rings is 2. The van der Waals surface area contributed by atoms with Gasteiger partial charge in [0.05, 0.1) is 16.8 Å². The molecule has 1 aliphatic carbocycles. The van der Waals surface area contributed by atoms with Crippen LogP contribution in [0.15, 0.2) is 60.7 Å². The average molecular weight is 482 g/mol. The maximum absolute atomic E-state index is 13.5. The van der Waals surface area contributed by atoms with Crippen LogP contribution in [0.25, 0.3) is 0 Å². The Bertz CT molecular complexity index is 1230. The number of nitro benzene ring substituents is 1. The standard InChI is InChI=1S/C24H20ClN3O6/c1-14-4-2-7-19-21(14)24(32)27(23(19)31)26(13-20(29)15-8-10-17(25)11-9-15)22(30)16-5-3-6-18(12-16)28(33)34/h2-6,8-12,14,19,21H,7,13H2,1H3/t14-,19+,21-/m1/s1. The van der Waals surface area contributed by atoms with Gasteiger partial charge in [-0.25, -0.2) is 5.01 Å². The van der Waals surface area contributed by atoms with Crippen LogP contribution in [0.5, 0.6) is 0 Å². The fraction of sp³-hybridized carbons (Fsp3) is 0.250. The van der Waals surface area contributed by atoms with Crippen LogP contribution in [0.2, 0.25) is 5.02 Å². The zero-order valence-electron chi connectivity index (χ0n) is 18.1. The molecule has 0 spiro atoms. The number of fused-ring (bicyclic) bond motifs is 1. The molecule has 4 rings (SSSR count). The average Bonchev–Trinajstić information content (AvgIpc) is 3.08. The largest absolute Gasteiger partial charge is 0.292 e. The van der Waals surface area contributed by atoms with Crippen molar-refractivity contribution in [1.82, 2.24) is 10.0 Å². The third kappa shape index (κ3) is 4.22. The molecule has 2 aromatic rings. The van der Waals surface area contributed by atoms with Gasteiger partial charge in [0, 0.05) is 28.3 Å². The fourth-order valence-electron chi connectivity index (χ4n) is 4.37. The number of amides is 3. The summed E-state index contributed by atoms with van der Waals surface area (Å²) in [6.45, 7) is 1.20. The minimum atomic E-state index is -0.869. The van der Waals surface area contributed by atoms with Gasteiger partial charge in [0.25, 0.3) is 23.4 Å². The van der Waals surface area contributed by atoms with Crippen LogP contribution in [-0.4, -0.2) is 45.0 Å². The predicted octanol–water partition coefficient (Wildman–Crippen LogP) is 3.69. The number of Topliss-reactive ketones (excluding diaryl/α,β-unsaturated/α-hetero) is 1. The molecule has 0 radical (unpaired) electrons. The van der Waals surface area contributed by atoms with Crippen LogP contribution in [-0.2, 0) is 9.59 Å². The SMILES string of the molecule is C[C@@H]1C=CC[C@@H]2C(=O)N(N(CC(=O)c3ccc(Cl)cc3)C(=O)c3cccc([N+](=O)[O-])c3)C(=O)[C@H]12. The Labute approximate surface area is 199 Å². The van der Waals surface area contributed by atoms with Gasteiger partial charge in [0.2, 0.25) is 0 Å². The first-order valence-electron chi connectivity index (χ1n) is 10.6. The normalized spacial score (nSPS) is 21.4. The molecule has 3 atom stereocenters. The highest BCUT2D eigenvalue weighted by molar-refractivity contribution is 6.30. The number of rotatable bonds is 6. The van der Waals surface area contributed by atoms with Gasteiger partial charge in [-0.1, -0.05) is 36.7 Å². The van der Waals surface area contributed by atoms with Gasteiger partial charge in [0.1, 0.15) is 6.54 Å². The monoisotopic (exact) mass is 481 g/mol. The summed E-state index contributed by atoms with van der Waals surface area (Å²) in [7, 11) is 0. The van der Waals surface area contributed by atoms with Crippen LogP contribution < -0.4 is 0 Å². The number of allylic oxidation sites excluding steroid dienone is 2. The second-order valence-corrected chi connectivity index (χ2v) is 8.68. The smallest absolute Gasteiger partial charge is 0.273 e. The lowest BCUT2D eigenvalue weighted by molar-refractivity contribution is -0.384. The molecular formula is C24H20ClN3O6. The van der Waals surface area contributed by atoms with Crippen molar-refractivity contribution in [2.45, 2.75) is 13.3 Å². The van der Waals surface area contributed by atoms with E-state index in [1.165, 1.54) is 42.5 Å². The van der Waals surface area contributed by atoms with Crippen molar-refractivity contribution >= 4 is 40.8 Å². The molecule has 34 heavy (non-hydrogen) atoms. The highest BCUT2D eigenvalue weighted by atomic mass is 35.5. The highest BCUT2D eigenvalue weighted by Crippen LogP contribution is 2.39. The maximum atomic E-state index is 13.5. The number of nitro groups is 1. The number of hydrogen-bond donors (Lipinski definition) is 0. The summed E-state index contributed by atoms with van der Waals surface area (Å²) in [6.07, 6.45) is 4.02. The Morgan fingerprint density at radius 2 is 1.82 bits per heavy atom. The van der Waals surface area contributed by atoms with E-state index in [2.05, 4.69) is 0 Å². The van der Waals surface area contributed by atoms with E-state index >= 15 is 0 Å². The first-order chi connectivity index (χ1) is 16.2. The molecule has 1 saturated heterocycles. The lowest BCUT2D eigenvalue weighted by atomic mass is 9.78. The lowest BCUT2D eigenvalue weighted by Gasteiger charge is -2.30. The minimum absolute atomic E-state index is 0.125. The summed E-state index contributed by atoms with van der Waals surface area (Å²) in [5.41, 5.74) is -0.229. The number of carbonyl (C=O) groups is 4. The number of ketones is 1. The molecule has 0 saturated carbocycles. The Hall–Kier alpha value is -3.85. The van der Waals surface area contributed by atoms with E-state index in [1.54, 1.807) is 0 Å². The second kappa shape index (κ2) is 9.18. The van der Waals surface area contributed by atoms with Crippen LogP contribution in [0, 0.1) is 27.9 Å². The number of imide groups is 1. The number of hydrogen-bond acceptors (Lipinski definition) is 6. The number of halogens is 1. The number of non-ortho nitro benzene ring substituents is 1. The van der Waals surface area contributed by atoms with Gasteiger partial charge in [0.15, 0.2) is 5.78 Å². The van der Waals surface area contributed by atoms with Crippen LogP contribution >= 0.6 is 11.6 Å². The Balaban J connectivity index is 1.73. The van der Waals surface area contributed by atoms with E-state index in [4.69, 9.17) is 11.6 Å². The Kier molecular flexibility index (Phi) is 6.30. The molecule has 1 aliphatic heterocycles. The summed E-state index contributed by atoms with van der Waals surface area (Å²) < 4.78 is 0. The number of nitrogens with zero attached hydrogens (tertiary/aromatic N) is 3. The van der Waals surface area contributed by atoms with Crippen LogP contribution in [0.3, 0.4) is 0 Å². The van der Waals surface area contributed by atoms with Gasteiger partial charge in [-0.15, -0.1) is 0 Å². The van der Waals surface area contributed by atoms with Gasteiger partial charge in [-0.2, -0.15) is 5.01 Å². The van der Waals surface area contributed by atoms with Gasteiger partial charge in [-0.05, 0) is 42.7 Å². The van der Waals surface area contributed by atoms with E-state index in [0.29, 0.717) is 11.4 Å². The van der Waals surface area contributed by atoms with Crippen molar-refractivity contribution in [3.8, 4) is 0 Å². The highest BCUT2D eigenvalue weighted by Gasteiger charge is 2.53. The molecule has 1 heterocycles. The summed E-state index contributed by atoms with van der Waals surface area (Å²) in [5, 5.41) is 13.1. The maximum Gasteiger partial charge on any atom is 0.273 e. The molecule has 0 unspecified atom stereocenters.